The van der Waals surface area contributed by atoms with E-state index in [1.807, 2.05) is 0 Å². The maximum absolute atomic E-state index is 15.3. The molecule has 0 amide bonds. The number of anilines is 1. The molecule has 2 aromatic heterocycles. The number of fused-ring (bicyclic) bond motifs is 1. The van der Waals surface area contributed by atoms with Crippen molar-refractivity contribution in [1.29, 1.82) is 0 Å². The number of imidazole rings is 1. The summed E-state index contributed by atoms with van der Waals surface area (Å²) in [5.41, 5.74) is 3.81. The van der Waals surface area contributed by atoms with Gasteiger partial charge in [-0.05, 0) is 6.92 Å². The van der Waals surface area contributed by atoms with Gasteiger partial charge in [0, 0.05) is 0 Å². The van der Waals surface area contributed by atoms with Crippen LogP contribution in [-0.2, 0) is 4.74 Å². The summed E-state index contributed by atoms with van der Waals surface area (Å²) in [5, 5.41) is 19.4. The van der Waals surface area contributed by atoms with Crippen LogP contribution in [0.4, 0.5) is 10.3 Å². The van der Waals surface area contributed by atoms with Gasteiger partial charge in [-0.1, -0.05) is 18.1 Å². The molecule has 3 rings (SSSR count). The number of hydrogen-bond donors (Lipinski definition) is 4. The van der Waals surface area contributed by atoms with Crippen molar-refractivity contribution in [2.24, 2.45) is 0 Å². The minimum absolute atomic E-state index is 0.0348. The van der Waals surface area contributed by atoms with Gasteiger partial charge >= 0.3 is 0 Å². The van der Waals surface area contributed by atoms with Crippen LogP contribution in [0.3, 0.4) is 0 Å². The number of H-pyrrole nitrogens is 1. The van der Waals surface area contributed by atoms with Crippen molar-refractivity contribution in [1.82, 2.24) is 19.5 Å². The number of aliphatic hydroxyl groups excluding tert-OH is 2. The van der Waals surface area contributed by atoms with Crippen LogP contribution in [0, 0.1) is 16.5 Å². The van der Waals surface area contributed by atoms with Crippen molar-refractivity contribution in [2.45, 2.75) is 31.0 Å². The first-order valence-corrected chi connectivity index (χ1v) is 7.12. The molecule has 4 atom stereocenters. The molecule has 23 heavy (non-hydrogen) atoms. The summed E-state index contributed by atoms with van der Waals surface area (Å²) in [6.45, 7) is 0.889. The fourth-order valence-corrected chi connectivity index (χ4v) is 2.87. The molecule has 1 saturated heterocycles. The number of aromatic nitrogens is 4. The Hall–Kier alpha value is -2.06. The van der Waals surface area contributed by atoms with Crippen molar-refractivity contribution in [2.75, 3.05) is 12.3 Å². The molecule has 1 unspecified atom stereocenters. The number of nitrogen functional groups attached to an aromatic ring is 1. The number of aromatic amines is 1. The van der Waals surface area contributed by atoms with Gasteiger partial charge in [-0.25, -0.2) is 14.4 Å². The summed E-state index contributed by atoms with van der Waals surface area (Å²) >= 11 is 5.07. The number of alkyl halides is 1. The van der Waals surface area contributed by atoms with Gasteiger partial charge in [0.15, 0.2) is 16.8 Å². The Bertz CT molecular complexity index is 872. The molecule has 0 bridgehead atoms. The molecule has 0 radical (unpaired) electrons. The normalized spacial score (nSPS) is 30.3. The Morgan fingerprint density at radius 1 is 1.65 bits per heavy atom. The molecule has 1 aliphatic rings. The zero-order valence-electron chi connectivity index (χ0n) is 12.0. The van der Waals surface area contributed by atoms with E-state index in [0.717, 1.165) is 0 Å². The lowest BCUT2D eigenvalue weighted by Crippen LogP contribution is -2.42. The minimum atomic E-state index is -2.43. The standard InChI is InChI=1S/C13H14FN5O3S/c1-2-3-13(14)8(21)6(4-20)22-11(13)19-5-16-7-9(19)17-12(15)18-10(7)23/h5-6,8,11,20-21H,4H2,1H3,(H3,15,17,18,23)/t6-,8+,11-,13?/m1/s1. The molecule has 0 spiro atoms. The number of nitrogens with zero attached hydrogens (tertiary/aromatic N) is 3. The third-order valence-corrected chi connectivity index (χ3v) is 3.94. The van der Waals surface area contributed by atoms with Crippen LogP contribution in [0.1, 0.15) is 13.2 Å². The van der Waals surface area contributed by atoms with Crippen LogP contribution in [0.5, 0.6) is 0 Å². The summed E-state index contributed by atoms with van der Waals surface area (Å²) in [6.07, 6.45) is -2.78. The van der Waals surface area contributed by atoms with Crippen molar-refractivity contribution in [3.8, 4) is 11.8 Å². The van der Waals surface area contributed by atoms with E-state index >= 15 is 4.39 Å². The second kappa shape index (κ2) is 5.54. The number of aliphatic hydroxyl groups is 2. The van der Waals surface area contributed by atoms with Gasteiger partial charge in [-0.3, -0.25) is 4.57 Å². The van der Waals surface area contributed by atoms with E-state index in [0.29, 0.717) is 11.2 Å². The summed E-state index contributed by atoms with van der Waals surface area (Å²) in [7, 11) is 0. The molecule has 0 saturated carbocycles. The van der Waals surface area contributed by atoms with E-state index in [9.17, 15) is 10.2 Å². The van der Waals surface area contributed by atoms with Crippen LogP contribution in [-0.4, -0.2) is 54.2 Å². The van der Waals surface area contributed by atoms with Crippen LogP contribution < -0.4 is 5.73 Å². The Balaban J connectivity index is 2.20. The first-order chi connectivity index (χ1) is 10.9. The average Bonchev–Trinajstić information content (AvgIpc) is 3.01. The van der Waals surface area contributed by atoms with E-state index in [-0.39, 0.29) is 10.6 Å². The number of ether oxygens (including phenoxy) is 1. The molecule has 8 nitrogen and oxygen atoms in total. The number of nitrogens with one attached hydrogen (secondary N) is 1. The van der Waals surface area contributed by atoms with Gasteiger partial charge in [-0.15, -0.1) is 5.92 Å². The van der Waals surface area contributed by atoms with Crippen LogP contribution in [0.15, 0.2) is 6.33 Å². The smallest absolute Gasteiger partial charge is 0.243 e. The van der Waals surface area contributed by atoms with E-state index in [1.54, 1.807) is 0 Å². The largest absolute Gasteiger partial charge is 0.394 e. The van der Waals surface area contributed by atoms with Gasteiger partial charge in [0.1, 0.15) is 23.4 Å². The molecule has 1 fully saturated rings. The quantitative estimate of drug-likeness (QED) is 0.450. The number of halogens is 1. The van der Waals surface area contributed by atoms with E-state index < -0.39 is 30.7 Å². The second-order valence-electron chi connectivity index (χ2n) is 5.07. The van der Waals surface area contributed by atoms with Crippen LogP contribution in [0.2, 0.25) is 0 Å². The lowest BCUT2D eigenvalue weighted by Gasteiger charge is -2.24. The highest BCUT2D eigenvalue weighted by Crippen LogP contribution is 2.42. The SMILES string of the molecule is CC#CC1(F)[C@@H](O)[C@@H](CO)O[C@H]1n1cnc2c(=S)nc(N)[nH]c21. The third kappa shape index (κ3) is 2.29. The molecule has 2 aromatic rings. The predicted octanol–water partition coefficient (Wildman–Crippen LogP) is 0.0533. The lowest BCUT2D eigenvalue weighted by atomic mass is 9.96. The summed E-state index contributed by atoms with van der Waals surface area (Å²) in [4.78, 5) is 10.7. The highest BCUT2D eigenvalue weighted by atomic mass is 32.1. The van der Waals surface area contributed by atoms with E-state index in [2.05, 4.69) is 26.8 Å². The molecule has 10 heteroatoms. The maximum atomic E-state index is 15.3. The Morgan fingerprint density at radius 3 is 3.04 bits per heavy atom. The minimum Gasteiger partial charge on any atom is -0.394 e. The molecule has 0 aliphatic carbocycles. The highest BCUT2D eigenvalue weighted by molar-refractivity contribution is 7.71. The topological polar surface area (TPSA) is 122 Å². The van der Waals surface area contributed by atoms with Crippen molar-refractivity contribution >= 4 is 29.3 Å². The molecule has 122 valence electrons. The highest BCUT2D eigenvalue weighted by Gasteiger charge is 2.57. The monoisotopic (exact) mass is 339 g/mol. The summed E-state index contributed by atoms with van der Waals surface area (Å²) in [6, 6.07) is 0. The van der Waals surface area contributed by atoms with Gasteiger partial charge in [0.2, 0.25) is 5.67 Å². The molecular formula is C13H14FN5O3S. The first-order valence-electron chi connectivity index (χ1n) is 6.72. The summed E-state index contributed by atoms with van der Waals surface area (Å²) < 4.78 is 22.2. The fourth-order valence-electron chi connectivity index (χ4n) is 2.62. The lowest BCUT2D eigenvalue weighted by molar-refractivity contribution is -0.0504. The molecular weight excluding hydrogens is 325 g/mol. The van der Waals surface area contributed by atoms with Crippen molar-refractivity contribution < 1.29 is 19.3 Å². The zero-order valence-corrected chi connectivity index (χ0v) is 12.8. The van der Waals surface area contributed by atoms with Gasteiger partial charge in [-0.2, -0.15) is 0 Å². The molecule has 1 aliphatic heterocycles. The zero-order chi connectivity index (χ0) is 16.8. The molecule has 3 heterocycles. The Labute approximate surface area is 135 Å². The van der Waals surface area contributed by atoms with Gasteiger partial charge in [0.25, 0.3) is 0 Å². The van der Waals surface area contributed by atoms with Gasteiger partial charge in [0.05, 0.1) is 12.9 Å². The van der Waals surface area contributed by atoms with Crippen molar-refractivity contribution in [3.63, 3.8) is 0 Å². The number of rotatable bonds is 2. The number of nitrogens with two attached hydrogens (primary N) is 1. The molecule has 0 aromatic carbocycles. The van der Waals surface area contributed by atoms with E-state index in [4.69, 9.17) is 22.7 Å². The second-order valence-corrected chi connectivity index (χ2v) is 5.46. The maximum Gasteiger partial charge on any atom is 0.243 e. The van der Waals surface area contributed by atoms with Gasteiger partial charge < -0.3 is 25.7 Å². The average molecular weight is 339 g/mol. The third-order valence-electron chi connectivity index (χ3n) is 3.66. The van der Waals surface area contributed by atoms with Crippen molar-refractivity contribution in [3.05, 3.63) is 11.0 Å². The fraction of sp³-hybridized carbons (Fsp3) is 0.462. The number of hydrogen-bond acceptors (Lipinski definition) is 7. The Kier molecular flexibility index (Phi) is 3.81. The van der Waals surface area contributed by atoms with Crippen LogP contribution in [0.25, 0.3) is 11.2 Å². The molecule has 5 N–H and O–H groups in total. The van der Waals surface area contributed by atoms with Crippen LogP contribution >= 0.6 is 12.2 Å². The van der Waals surface area contributed by atoms with E-state index in [1.165, 1.54) is 17.8 Å². The predicted molar refractivity (Wildman–Crippen MR) is 81.4 cm³/mol. The first kappa shape index (κ1) is 15.8. The summed E-state index contributed by atoms with van der Waals surface area (Å²) in [5.74, 6) is 4.80. The Morgan fingerprint density at radius 2 is 2.39 bits per heavy atom.